The Hall–Kier alpha value is -0.870. The van der Waals surface area contributed by atoms with Crippen LogP contribution in [-0.4, -0.2) is 34.5 Å². The molecule has 0 aromatic heterocycles. The van der Waals surface area contributed by atoms with Gasteiger partial charge in [-0.2, -0.15) is 0 Å². The van der Waals surface area contributed by atoms with Gasteiger partial charge in [-0.15, -0.1) is 0 Å². The van der Waals surface area contributed by atoms with Crippen LogP contribution in [0.5, 0.6) is 0 Å². The summed E-state index contributed by atoms with van der Waals surface area (Å²) in [6, 6.07) is 0. The van der Waals surface area contributed by atoms with Gasteiger partial charge in [-0.3, -0.25) is 0 Å². The molecule has 4 heteroatoms. The fraction of sp³-hybridized carbons (Fsp3) is 0.750. The van der Waals surface area contributed by atoms with E-state index in [1.165, 1.54) is 6.08 Å². The van der Waals surface area contributed by atoms with Crippen LogP contribution < -0.4 is 0 Å². The average molecular weight is 230 g/mol. The number of carbonyl (C=O) groups excluding carboxylic acids is 1. The van der Waals surface area contributed by atoms with Crippen molar-refractivity contribution >= 4 is 5.97 Å². The Morgan fingerprint density at radius 2 is 2.00 bits per heavy atom. The van der Waals surface area contributed by atoms with Crippen molar-refractivity contribution in [1.82, 2.24) is 0 Å². The highest BCUT2D eigenvalue weighted by Crippen LogP contribution is 2.09. The molecule has 0 heterocycles. The molecule has 0 aromatic carbocycles. The molecule has 0 radical (unpaired) electrons. The van der Waals surface area contributed by atoms with Crippen molar-refractivity contribution in [3.05, 3.63) is 12.2 Å². The summed E-state index contributed by atoms with van der Waals surface area (Å²) < 4.78 is 5.05. The third-order valence-corrected chi connectivity index (χ3v) is 1.98. The Kier molecular flexibility index (Phi) is 6.29. The smallest absolute Gasteiger partial charge is 0.330 e. The molecule has 0 aliphatic heterocycles. The van der Waals surface area contributed by atoms with Crippen LogP contribution in [-0.2, 0) is 9.53 Å². The van der Waals surface area contributed by atoms with E-state index in [1.807, 2.05) is 0 Å². The number of aliphatic hydroxyl groups is 2. The summed E-state index contributed by atoms with van der Waals surface area (Å²) in [5, 5.41) is 18.3. The fourth-order valence-corrected chi connectivity index (χ4v) is 0.993. The predicted octanol–water partition coefficient (Wildman–Crippen LogP) is 1.26. The van der Waals surface area contributed by atoms with Gasteiger partial charge >= 0.3 is 5.97 Å². The summed E-state index contributed by atoms with van der Waals surface area (Å²) in [6.45, 7) is 7.05. The zero-order valence-corrected chi connectivity index (χ0v) is 10.4. The summed E-state index contributed by atoms with van der Waals surface area (Å²) in [4.78, 5) is 11.2. The van der Waals surface area contributed by atoms with Crippen LogP contribution in [0.15, 0.2) is 12.2 Å². The summed E-state index contributed by atoms with van der Waals surface area (Å²) >= 11 is 0. The molecule has 0 saturated heterocycles. The number of hydrogen-bond donors (Lipinski definition) is 2. The van der Waals surface area contributed by atoms with E-state index in [1.54, 1.807) is 33.8 Å². The third kappa shape index (κ3) is 7.43. The van der Waals surface area contributed by atoms with E-state index in [-0.39, 0.29) is 12.5 Å². The topological polar surface area (TPSA) is 66.8 Å². The van der Waals surface area contributed by atoms with Gasteiger partial charge in [0.25, 0.3) is 0 Å². The van der Waals surface area contributed by atoms with Crippen LogP contribution in [0, 0.1) is 5.92 Å². The molecule has 0 fully saturated rings. The first-order valence-electron chi connectivity index (χ1n) is 5.44. The first-order valence-corrected chi connectivity index (χ1v) is 5.44. The molecule has 0 aliphatic rings. The van der Waals surface area contributed by atoms with E-state index >= 15 is 0 Å². The van der Waals surface area contributed by atoms with Crippen molar-refractivity contribution in [2.45, 2.75) is 45.8 Å². The lowest BCUT2D eigenvalue weighted by atomic mass is 10.0. The Bertz CT molecular complexity index is 240. The van der Waals surface area contributed by atoms with Crippen LogP contribution in [0.25, 0.3) is 0 Å². The monoisotopic (exact) mass is 230 g/mol. The largest absolute Gasteiger partial charge is 0.457 e. The predicted molar refractivity (Wildman–Crippen MR) is 61.9 cm³/mol. The molecule has 2 N–H and O–H groups in total. The van der Waals surface area contributed by atoms with Gasteiger partial charge in [0.05, 0.1) is 6.10 Å². The Morgan fingerprint density at radius 3 is 2.44 bits per heavy atom. The molecule has 0 aliphatic carbocycles. The standard InChI is InChI=1S/C12H22O4/c1-9(8-13)10(14)6-5-7-11(15)16-12(2,3)4/h5,7,9-10,13-14H,6,8H2,1-4H3/b7-5+. The minimum atomic E-state index is -0.635. The van der Waals surface area contributed by atoms with E-state index in [9.17, 15) is 9.90 Å². The summed E-state index contributed by atoms with van der Waals surface area (Å²) in [6.07, 6.45) is 2.56. The molecule has 4 nitrogen and oxygen atoms in total. The quantitative estimate of drug-likeness (QED) is 0.551. The molecule has 0 saturated carbocycles. The average Bonchev–Trinajstić information content (AvgIpc) is 2.13. The van der Waals surface area contributed by atoms with Crippen LogP contribution in [0.2, 0.25) is 0 Å². The minimum absolute atomic E-state index is 0.0680. The van der Waals surface area contributed by atoms with Gasteiger partial charge in [-0.1, -0.05) is 13.0 Å². The van der Waals surface area contributed by atoms with Crippen LogP contribution in [0.4, 0.5) is 0 Å². The highest BCUT2D eigenvalue weighted by Gasteiger charge is 2.14. The molecular weight excluding hydrogens is 208 g/mol. The van der Waals surface area contributed by atoms with Crippen molar-refractivity contribution in [2.24, 2.45) is 5.92 Å². The number of aliphatic hydroxyl groups excluding tert-OH is 2. The van der Waals surface area contributed by atoms with E-state index in [0.29, 0.717) is 6.42 Å². The Labute approximate surface area is 96.9 Å². The second-order valence-electron chi connectivity index (χ2n) is 4.90. The van der Waals surface area contributed by atoms with Crippen molar-refractivity contribution in [3.8, 4) is 0 Å². The van der Waals surface area contributed by atoms with E-state index in [0.717, 1.165) is 0 Å². The number of esters is 1. The first kappa shape index (κ1) is 15.1. The van der Waals surface area contributed by atoms with Crippen molar-refractivity contribution in [3.63, 3.8) is 0 Å². The maximum absolute atomic E-state index is 11.2. The number of carbonyl (C=O) groups is 1. The maximum Gasteiger partial charge on any atom is 0.330 e. The highest BCUT2D eigenvalue weighted by molar-refractivity contribution is 5.82. The summed E-state index contributed by atoms with van der Waals surface area (Å²) in [7, 11) is 0. The molecule has 0 rings (SSSR count). The zero-order chi connectivity index (χ0) is 12.8. The van der Waals surface area contributed by atoms with Crippen LogP contribution in [0.3, 0.4) is 0 Å². The molecule has 2 atom stereocenters. The van der Waals surface area contributed by atoms with Gasteiger partial charge < -0.3 is 14.9 Å². The second-order valence-corrected chi connectivity index (χ2v) is 4.90. The van der Waals surface area contributed by atoms with Gasteiger partial charge in [0.15, 0.2) is 0 Å². The molecule has 16 heavy (non-hydrogen) atoms. The Morgan fingerprint density at radius 1 is 1.44 bits per heavy atom. The van der Waals surface area contributed by atoms with Gasteiger partial charge in [-0.05, 0) is 27.2 Å². The maximum atomic E-state index is 11.2. The van der Waals surface area contributed by atoms with Gasteiger partial charge in [-0.25, -0.2) is 4.79 Å². The normalized spacial score (nSPS) is 16.1. The first-order chi connectivity index (χ1) is 7.26. The lowest BCUT2D eigenvalue weighted by molar-refractivity contribution is -0.148. The molecular formula is C12H22O4. The lowest BCUT2D eigenvalue weighted by Gasteiger charge is -2.18. The molecule has 0 bridgehead atoms. The van der Waals surface area contributed by atoms with Crippen LogP contribution in [0.1, 0.15) is 34.1 Å². The fourth-order valence-electron chi connectivity index (χ4n) is 0.993. The molecule has 0 aromatic rings. The van der Waals surface area contributed by atoms with E-state index < -0.39 is 17.7 Å². The van der Waals surface area contributed by atoms with Crippen molar-refractivity contribution < 1.29 is 19.7 Å². The highest BCUT2D eigenvalue weighted by atomic mass is 16.6. The van der Waals surface area contributed by atoms with E-state index in [2.05, 4.69) is 0 Å². The lowest BCUT2D eigenvalue weighted by Crippen LogP contribution is -2.23. The number of rotatable bonds is 5. The minimum Gasteiger partial charge on any atom is -0.457 e. The molecule has 94 valence electrons. The zero-order valence-electron chi connectivity index (χ0n) is 10.4. The second kappa shape index (κ2) is 6.66. The van der Waals surface area contributed by atoms with Crippen molar-refractivity contribution in [1.29, 1.82) is 0 Å². The number of hydrogen-bond acceptors (Lipinski definition) is 4. The molecule has 0 spiro atoms. The number of ether oxygens (including phenoxy) is 1. The third-order valence-electron chi connectivity index (χ3n) is 1.98. The van der Waals surface area contributed by atoms with Gasteiger partial charge in [0.2, 0.25) is 0 Å². The SMILES string of the molecule is CC(CO)C(O)C/C=C/C(=O)OC(C)(C)C. The van der Waals surface area contributed by atoms with Gasteiger partial charge in [0, 0.05) is 18.6 Å². The molecule has 0 amide bonds. The molecule has 2 unspecified atom stereocenters. The van der Waals surface area contributed by atoms with E-state index in [4.69, 9.17) is 9.84 Å². The van der Waals surface area contributed by atoms with Gasteiger partial charge in [0.1, 0.15) is 5.60 Å². The van der Waals surface area contributed by atoms with Crippen LogP contribution >= 0.6 is 0 Å². The van der Waals surface area contributed by atoms with Crippen molar-refractivity contribution in [2.75, 3.05) is 6.61 Å². The Balaban J connectivity index is 3.97. The summed E-state index contributed by atoms with van der Waals surface area (Å²) in [5.41, 5.74) is -0.502. The summed E-state index contributed by atoms with van der Waals surface area (Å²) in [5.74, 6) is -0.611.